The van der Waals surface area contributed by atoms with E-state index in [-0.39, 0.29) is 0 Å². The molecule has 94 valence electrons. The lowest BCUT2D eigenvalue weighted by atomic mass is 10.2. The largest absolute Gasteiger partial charge is 0.497 e. The fraction of sp³-hybridized carbons (Fsp3) is 0.154. The van der Waals surface area contributed by atoms with Crippen molar-refractivity contribution >= 4 is 17.3 Å². The van der Waals surface area contributed by atoms with Gasteiger partial charge in [0.05, 0.1) is 7.11 Å². The highest BCUT2D eigenvalue weighted by Gasteiger charge is 2.06. The van der Waals surface area contributed by atoms with Gasteiger partial charge < -0.3 is 15.1 Å². The van der Waals surface area contributed by atoms with Crippen LogP contribution in [0.1, 0.15) is 0 Å². The van der Waals surface area contributed by atoms with Crippen molar-refractivity contribution in [2.45, 2.75) is 0 Å². The van der Waals surface area contributed by atoms with E-state index in [1.54, 1.807) is 7.11 Å². The van der Waals surface area contributed by atoms with E-state index in [9.17, 15) is 0 Å². The summed E-state index contributed by atoms with van der Waals surface area (Å²) in [6, 6.07) is 13.4. The molecule has 5 nitrogen and oxygen atoms in total. The van der Waals surface area contributed by atoms with Crippen LogP contribution in [0.5, 0.6) is 5.75 Å². The second-order valence-electron chi connectivity index (χ2n) is 3.79. The average Bonchev–Trinajstić information content (AvgIpc) is 2.46. The molecule has 0 spiro atoms. The van der Waals surface area contributed by atoms with Crippen molar-refractivity contribution in [3.63, 3.8) is 0 Å². The lowest BCUT2D eigenvalue weighted by Crippen LogP contribution is -2.14. The number of hydrogen-bond acceptors (Lipinski definition) is 5. The summed E-state index contributed by atoms with van der Waals surface area (Å²) < 4.78 is 5.21. The van der Waals surface area contributed by atoms with Gasteiger partial charge in [-0.3, -0.25) is 0 Å². The number of benzene rings is 1. The predicted octanol–water partition coefficient (Wildman–Crippen LogP) is 2.14. The number of anilines is 3. The minimum absolute atomic E-state index is 0.627. The van der Waals surface area contributed by atoms with Crippen molar-refractivity contribution < 1.29 is 4.74 Å². The summed E-state index contributed by atoms with van der Waals surface area (Å²) in [4.78, 5) is 6.33. The van der Waals surface area contributed by atoms with E-state index in [1.165, 1.54) is 0 Å². The quantitative estimate of drug-likeness (QED) is 0.637. The zero-order valence-corrected chi connectivity index (χ0v) is 10.4. The van der Waals surface area contributed by atoms with Crippen LogP contribution in [0.4, 0.5) is 17.3 Å². The molecule has 1 aromatic carbocycles. The number of pyridine rings is 1. The number of hydrazine groups is 1. The van der Waals surface area contributed by atoms with Gasteiger partial charge in [0, 0.05) is 18.8 Å². The molecular formula is C13H16N4O. The Balaban J connectivity index is 2.31. The molecule has 0 aliphatic rings. The summed E-state index contributed by atoms with van der Waals surface area (Å²) in [5.74, 6) is 7.60. The molecule has 0 unspecified atom stereocenters. The Bertz CT molecular complexity index is 482. The van der Waals surface area contributed by atoms with E-state index in [2.05, 4.69) is 10.4 Å². The maximum atomic E-state index is 5.35. The molecule has 18 heavy (non-hydrogen) atoms. The van der Waals surface area contributed by atoms with E-state index in [1.807, 2.05) is 54.4 Å². The fourth-order valence-electron chi connectivity index (χ4n) is 1.64. The van der Waals surface area contributed by atoms with Crippen molar-refractivity contribution in [1.29, 1.82) is 0 Å². The smallest absolute Gasteiger partial charge is 0.142 e. The number of aromatic nitrogens is 1. The lowest BCUT2D eigenvalue weighted by molar-refractivity contribution is 0.415. The third-order valence-corrected chi connectivity index (χ3v) is 2.67. The summed E-state index contributed by atoms with van der Waals surface area (Å²) in [5, 5.41) is 0. The fourth-order valence-corrected chi connectivity index (χ4v) is 1.64. The van der Waals surface area contributed by atoms with Gasteiger partial charge in [0.25, 0.3) is 0 Å². The number of nitrogens with two attached hydrogens (primary N) is 1. The minimum atomic E-state index is 0.627. The first kappa shape index (κ1) is 12.2. The first-order valence-electron chi connectivity index (χ1n) is 5.56. The van der Waals surface area contributed by atoms with Gasteiger partial charge in [0.15, 0.2) is 0 Å². The van der Waals surface area contributed by atoms with Gasteiger partial charge in [-0.25, -0.2) is 10.8 Å². The topological polar surface area (TPSA) is 63.4 Å². The van der Waals surface area contributed by atoms with Crippen LogP contribution in [-0.4, -0.2) is 19.1 Å². The maximum absolute atomic E-state index is 5.35. The predicted molar refractivity (Wildman–Crippen MR) is 73.1 cm³/mol. The summed E-state index contributed by atoms with van der Waals surface area (Å²) in [6.07, 6.45) is 0. The van der Waals surface area contributed by atoms with Gasteiger partial charge in [0.1, 0.15) is 17.4 Å². The Hall–Kier alpha value is -2.27. The van der Waals surface area contributed by atoms with Crippen LogP contribution < -0.4 is 20.9 Å². The Morgan fingerprint density at radius 1 is 1.22 bits per heavy atom. The SMILES string of the molecule is COc1cccc(N(C)c2cccc(NN)n2)c1. The molecular weight excluding hydrogens is 228 g/mol. The number of ether oxygens (including phenoxy) is 1. The van der Waals surface area contributed by atoms with Crippen LogP contribution in [-0.2, 0) is 0 Å². The second-order valence-corrected chi connectivity index (χ2v) is 3.79. The normalized spacial score (nSPS) is 9.94. The van der Waals surface area contributed by atoms with Crippen molar-refractivity contribution in [3.05, 3.63) is 42.5 Å². The van der Waals surface area contributed by atoms with E-state index < -0.39 is 0 Å². The Kier molecular flexibility index (Phi) is 3.64. The molecule has 5 heteroatoms. The van der Waals surface area contributed by atoms with E-state index in [4.69, 9.17) is 10.6 Å². The van der Waals surface area contributed by atoms with Crippen molar-refractivity contribution in [3.8, 4) is 5.75 Å². The van der Waals surface area contributed by atoms with Crippen LogP contribution in [0.3, 0.4) is 0 Å². The van der Waals surface area contributed by atoms with Gasteiger partial charge >= 0.3 is 0 Å². The molecule has 1 aromatic heterocycles. The van der Waals surface area contributed by atoms with Crippen molar-refractivity contribution in [2.24, 2.45) is 5.84 Å². The molecule has 1 heterocycles. The van der Waals surface area contributed by atoms with E-state index in [0.29, 0.717) is 5.82 Å². The van der Waals surface area contributed by atoms with Crippen molar-refractivity contribution in [2.75, 3.05) is 24.5 Å². The summed E-state index contributed by atoms with van der Waals surface area (Å²) in [7, 11) is 3.59. The molecule has 0 radical (unpaired) electrons. The summed E-state index contributed by atoms with van der Waals surface area (Å²) in [5.41, 5.74) is 3.53. The first-order chi connectivity index (χ1) is 8.74. The molecule has 0 bridgehead atoms. The number of methoxy groups -OCH3 is 1. The molecule has 0 amide bonds. The Labute approximate surface area is 106 Å². The molecule has 0 saturated heterocycles. The van der Waals surface area contributed by atoms with E-state index in [0.717, 1.165) is 17.3 Å². The maximum Gasteiger partial charge on any atom is 0.142 e. The molecule has 0 saturated carbocycles. The molecule has 0 aliphatic heterocycles. The van der Waals surface area contributed by atoms with Crippen LogP contribution in [0.2, 0.25) is 0 Å². The lowest BCUT2D eigenvalue weighted by Gasteiger charge is -2.19. The molecule has 3 N–H and O–H groups in total. The van der Waals surface area contributed by atoms with Gasteiger partial charge in [0.2, 0.25) is 0 Å². The number of rotatable bonds is 4. The van der Waals surface area contributed by atoms with Crippen LogP contribution >= 0.6 is 0 Å². The van der Waals surface area contributed by atoms with Gasteiger partial charge in [-0.1, -0.05) is 12.1 Å². The first-order valence-corrected chi connectivity index (χ1v) is 5.56. The standard InChI is InChI=1S/C13H16N4O/c1-17(10-5-3-6-11(9-10)18-2)13-8-4-7-12(15-13)16-14/h3-9H,14H2,1-2H3,(H,15,16). The average molecular weight is 244 g/mol. The van der Waals surface area contributed by atoms with E-state index >= 15 is 0 Å². The summed E-state index contributed by atoms with van der Waals surface area (Å²) >= 11 is 0. The summed E-state index contributed by atoms with van der Waals surface area (Å²) in [6.45, 7) is 0. The molecule has 0 atom stereocenters. The number of nitrogens with zero attached hydrogens (tertiary/aromatic N) is 2. The number of nitrogens with one attached hydrogen (secondary N) is 1. The van der Waals surface area contributed by atoms with Crippen LogP contribution in [0, 0.1) is 0 Å². The zero-order valence-electron chi connectivity index (χ0n) is 10.4. The minimum Gasteiger partial charge on any atom is -0.497 e. The number of nitrogen functional groups attached to an aromatic ring is 1. The second kappa shape index (κ2) is 5.37. The van der Waals surface area contributed by atoms with Crippen LogP contribution in [0.15, 0.2) is 42.5 Å². The highest BCUT2D eigenvalue weighted by Crippen LogP contribution is 2.25. The third kappa shape index (κ3) is 2.52. The van der Waals surface area contributed by atoms with Gasteiger partial charge in [-0.05, 0) is 24.3 Å². The molecule has 2 aromatic rings. The molecule has 0 fully saturated rings. The van der Waals surface area contributed by atoms with Crippen LogP contribution in [0.25, 0.3) is 0 Å². The van der Waals surface area contributed by atoms with Gasteiger partial charge in [-0.2, -0.15) is 0 Å². The Morgan fingerprint density at radius 3 is 2.72 bits per heavy atom. The third-order valence-electron chi connectivity index (χ3n) is 2.67. The highest BCUT2D eigenvalue weighted by atomic mass is 16.5. The molecule has 2 rings (SSSR count). The zero-order chi connectivity index (χ0) is 13.0. The van der Waals surface area contributed by atoms with Crippen molar-refractivity contribution in [1.82, 2.24) is 4.98 Å². The van der Waals surface area contributed by atoms with Gasteiger partial charge in [-0.15, -0.1) is 0 Å². The monoisotopic (exact) mass is 244 g/mol. The number of hydrogen-bond donors (Lipinski definition) is 2. The Morgan fingerprint density at radius 2 is 2.00 bits per heavy atom. The molecule has 0 aliphatic carbocycles. The highest BCUT2D eigenvalue weighted by molar-refractivity contribution is 5.62.